The molecule has 2 N–H and O–H groups in total. The first kappa shape index (κ1) is 11.4. The molecule has 0 bridgehead atoms. The van der Waals surface area contributed by atoms with Crippen molar-refractivity contribution in [2.24, 2.45) is 0 Å². The number of hydrogen-bond donors (Lipinski definition) is 2. The van der Waals surface area contributed by atoms with Crippen LogP contribution in [0, 0.1) is 6.92 Å². The Bertz CT molecular complexity index is 486. The fourth-order valence-electron chi connectivity index (χ4n) is 1.36. The summed E-state index contributed by atoms with van der Waals surface area (Å²) >= 11 is 0. The third kappa shape index (κ3) is 2.72. The lowest BCUT2D eigenvalue weighted by molar-refractivity contribution is 0.440. The number of H-pyrrole nitrogens is 1. The molecule has 0 atom stereocenters. The number of ether oxygens (including phenoxy) is 1. The summed E-state index contributed by atoms with van der Waals surface area (Å²) in [5.41, 5.74) is 0.943. The van der Waals surface area contributed by atoms with Crippen LogP contribution in [-0.4, -0.2) is 27.2 Å². The number of nitrogens with zero attached hydrogens (tertiary/aromatic N) is 3. The van der Waals surface area contributed by atoms with Crippen molar-refractivity contribution in [1.29, 1.82) is 0 Å². The van der Waals surface area contributed by atoms with Gasteiger partial charge in [-0.15, -0.1) is 5.10 Å². The van der Waals surface area contributed by atoms with Crippen LogP contribution in [-0.2, 0) is 6.42 Å². The summed E-state index contributed by atoms with van der Waals surface area (Å²) in [4.78, 5) is 8.56. The Hall–Kier alpha value is -2.11. The highest BCUT2D eigenvalue weighted by molar-refractivity contribution is 5.38. The van der Waals surface area contributed by atoms with Gasteiger partial charge in [-0.1, -0.05) is 6.92 Å². The van der Waals surface area contributed by atoms with Gasteiger partial charge in [-0.2, -0.15) is 4.98 Å². The zero-order valence-electron chi connectivity index (χ0n) is 10.1. The van der Waals surface area contributed by atoms with E-state index in [0.717, 1.165) is 23.8 Å². The number of aromatic nitrogens is 4. The standard InChI is InChI=1S/C11H15N5O/c1-4-8-13-9(12-3)6-10(14-8)17-11-5-7(2)15-16-11/h5-6H,4H2,1-3H3,(H,15,16)(H,12,13,14). The van der Waals surface area contributed by atoms with E-state index in [1.807, 2.05) is 27.0 Å². The van der Waals surface area contributed by atoms with Gasteiger partial charge in [0, 0.05) is 31.3 Å². The molecule has 17 heavy (non-hydrogen) atoms. The fourth-order valence-corrected chi connectivity index (χ4v) is 1.36. The SMILES string of the molecule is CCc1nc(NC)cc(Oc2cc(C)[nH]n2)n1. The highest BCUT2D eigenvalue weighted by atomic mass is 16.5. The van der Waals surface area contributed by atoms with Gasteiger partial charge in [0.15, 0.2) is 0 Å². The molecule has 90 valence electrons. The molecule has 0 spiro atoms. The van der Waals surface area contributed by atoms with Crippen LogP contribution in [0.15, 0.2) is 12.1 Å². The van der Waals surface area contributed by atoms with Crippen LogP contribution in [0.3, 0.4) is 0 Å². The maximum Gasteiger partial charge on any atom is 0.240 e. The molecule has 0 aliphatic rings. The van der Waals surface area contributed by atoms with E-state index < -0.39 is 0 Å². The molecule has 2 aromatic heterocycles. The van der Waals surface area contributed by atoms with E-state index in [2.05, 4.69) is 25.5 Å². The van der Waals surface area contributed by atoms with Crippen molar-refractivity contribution in [3.8, 4) is 11.8 Å². The zero-order valence-corrected chi connectivity index (χ0v) is 10.1. The average Bonchev–Trinajstić information content (AvgIpc) is 2.74. The minimum Gasteiger partial charge on any atom is -0.419 e. The monoisotopic (exact) mass is 233 g/mol. The summed E-state index contributed by atoms with van der Waals surface area (Å²) in [6, 6.07) is 3.55. The molecule has 0 radical (unpaired) electrons. The first-order valence-electron chi connectivity index (χ1n) is 5.47. The largest absolute Gasteiger partial charge is 0.419 e. The topological polar surface area (TPSA) is 75.7 Å². The molecular weight excluding hydrogens is 218 g/mol. The highest BCUT2D eigenvalue weighted by Gasteiger charge is 2.06. The molecule has 0 saturated heterocycles. The number of anilines is 1. The van der Waals surface area contributed by atoms with Crippen LogP contribution in [0.4, 0.5) is 5.82 Å². The zero-order chi connectivity index (χ0) is 12.3. The summed E-state index contributed by atoms with van der Waals surface area (Å²) in [6.45, 7) is 3.91. The van der Waals surface area contributed by atoms with Crippen molar-refractivity contribution in [2.75, 3.05) is 12.4 Å². The summed E-state index contributed by atoms with van der Waals surface area (Å²) in [7, 11) is 1.81. The lowest BCUT2D eigenvalue weighted by Crippen LogP contribution is -2.01. The Balaban J connectivity index is 2.25. The van der Waals surface area contributed by atoms with E-state index in [-0.39, 0.29) is 0 Å². The third-order valence-corrected chi connectivity index (χ3v) is 2.21. The Morgan fingerprint density at radius 2 is 2.12 bits per heavy atom. The first-order valence-corrected chi connectivity index (χ1v) is 5.47. The molecule has 0 fully saturated rings. The Morgan fingerprint density at radius 3 is 2.71 bits per heavy atom. The molecule has 6 heteroatoms. The summed E-state index contributed by atoms with van der Waals surface area (Å²) < 4.78 is 5.55. The maximum absolute atomic E-state index is 5.55. The van der Waals surface area contributed by atoms with E-state index in [1.54, 1.807) is 6.07 Å². The Morgan fingerprint density at radius 1 is 1.29 bits per heavy atom. The van der Waals surface area contributed by atoms with Crippen molar-refractivity contribution in [3.63, 3.8) is 0 Å². The molecule has 0 unspecified atom stereocenters. The van der Waals surface area contributed by atoms with E-state index in [4.69, 9.17) is 4.74 Å². The van der Waals surface area contributed by atoms with Crippen molar-refractivity contribution in [2.45, 2.75) is 20.3 Å². The minimum absolute atomic E-state index is 0.493. The number of aryl methyl sites for hydroxylation is 2. The van der Waals surface area contributed by atoms with Crippen LogP contribution in [0.2, 0.25) is 0 Å². The Kier molecular flexibility index (Phi) is 3.22. The van der Waals surface area contributed by atoms with Crippen LogP contribution < -0.4 is 10.1 Å². The molecule has 0 aliphatic heterocycles. The van der Waals surface area contributed by atoms with Gasteiger partial charge in [0.2, 0.25) is 11.8 Å². The van der Waals surface area contributed by atoms with Gasteiger partial charge in [-0.05, 0) is 6.92 Å². The van der Waals surface area contributed by atoms with Gasteiger partial charge in [0.05, 0.1) is 0 Å². The second kappa shape index (κ2) is 4.82. The predicted molar refractivity (Wildman–Crippen MR) is 64.4 cm³/mol. The minimum atomic E-state index is 0.493. The molecule has 2 rings (SSSR count). The Labute approximate surface area is 99.4 Å². The lowest BCUT2D eigenvalue weighted by Gasteiger charge is -2.06. The van der Waals surface area contributed by atoms with Crippen molar-refractivity contribution < 1.29 is 4.74 Å². The van der Waals surface area contributed by atoms with Crippen LogP contribution in [0.5, 0.6) is 11.8 Å². The molecule has 0 saturated carbocycles. The third-order valence-electron chi connectivity index (χ3n) is 2.21. The highest BCUT2D eigenvalue weighted by Crippen LogP contribution is 2.20. The molecule has 6 nitrogen and oxygen atoms in total. The average molecular weight is 233 g/mol. The molecule has 2 aromatic rings. The lowest BCUT2D eigenvalue weighted by atomic mass is 10.4. The van der Waals surface area contributed by atoms with Crippen molar-refractivity contribution in [1.82, 2.24) is 20.2 Å². The second-order valence-electron chi connectivity index (χ2n) is 3.60. The second-order valence-corrected chi connectivity index (χ2v) is 3.60. The van der Waals surface area contributed by atoms with Gasteiger partial charge in [-0.3, -0.25) is 5.10 Å². The van der Waals surface area contributed by atoms with Gasteiger partial charge >= 0.3 is 0 Å². The maximum atomic E-state index is 5.55. The van der Waals surface area contributed by atoms with Crippen LogP contribution in [0.25, 0.3) is 0 Å². The summed E-state index contributed by atoms with van der Waals surface area (Å²) in [5, 5.41) is 9.78. The van der Waals surface area contributed by atoms with Crippen LogP contribution in [0.1, 0.15) is 18.4 Å². The first-order chi connectivity index (χ1) is 8.21. The molecular formula is C11H15N5O. The summed E-state index contributed by atoms with van der Waals surface area (Å²) in [5.74, 6) is 2.47. The molecule has 2 heterocycles. The smallest absolute Gasteiger partial charge is 0.240 e. The van der Waals surface area contributed by atoms with Crippen molar-refractivity contribution in [3.05, 3.63) is 23.7 Å². The number of aromatic amines is 1. The summed E-state index contributed by atoms with van der Waals surface area (Å²) in [6.07, 6.45) is 0.755. The molecule has 0 amide bonds. The quantitative estimate of drug-likeness (QED) is 0.843. The van der Waals surface area contributed by atoms with E-state index >= 15 is 0 Å². The number of nitrogens with one attached hydrogen (secondary N) is 2. The molecule has 0 aromatic carbocycles. The number of hydrogen-bond acceptors (Lipinski definition) is 5. The van der Waals surface area contributed by atoms with Gasteiger partial charge in [0.25, 0.3) is 0 Å². The normalized spacial score (nSPS) is 10.3. The van der Waals surface area contributed by atoms with Gasteiger partial charge in [0.1, 0.15) is 11.6 Å². The van der Waals surface area contributed by atoms with Crippen LogP contribution >= 0.6 is 0 Å². The van der Waals surface area contributed by atoms with Gasteiger partial charge < -0.3 is 10.1 Å². The predicted octanol–water partition coefficient (Wildman–Crippen LogP) is 1.90. The van der Waals surface area contributed by atoms with Crippen molar-refractivity contribution >= 4 is 5.82 Å². The molecule has 0 aliphatic carbocycles. The fraction of sp³-hybridized carbons (Fsp3) is 0.364. The van der Waals surface area contributed by atoms with E-state index in [1.165, 1.54) is 0 Å². The van der Waals surface area contributed by atoms with E-state index in [9.17, 15) is 0 Å². The van der Waals surface area contributed by atoms with E-state index in [0.29, 0.717) is 11.8 Å². The van der Waals surface area contributed by atoms with Gasteiger partial charge in [-0.25, -0.2) is 4.98 Å². The number of rotatable bonds is 4.